The lowest BCUT2D eigenvalue weighted by molar-refractivity contribution is -0.124. The number of hydrogen-bond acceptors (Lipinski definition) is 2. The van der Waals surface area contributed by atoms with Gasteiger partial charge in [0.05, 0.1) is 6.04 Å². The largest absolute Gasteiger partial charge is 0.354 e. The molecule has 2 aromatic rings. The number of rotatable bonds is 5. The number of carbonyl (C=O) groups is 2. The molecule has 5 heteroatoms. The van der Waals surface area contributed by atoms with Crippen molar-refractivity contribution in [2.45, 2.75) is 31.3 Å². The number of carbonyl (C=O) groups excluding carboxylic acids is 2. The summed E-state index contributed by atoms with van der Waals surface area (Å²) in [6.07, 6.45) is 2.24. The molecule has 130 valence electrons. The van der Waals surface area contributed by atoms with Crippen molar-refractivity contribution in [3.63, 3.8) is 0 Å². The molecule has 0 aliphatic carbocycles. The Balaban J connectivity index is 1.68. The molecule has 1 aliphatic rings. The maximum Gasteiger partial charge on any atom is 0.315 e. The molecule has 2 aromatic carbocycles. The van der Waals surface area contributed by atoms with Crippen LogP contribution in [0.5, 0.6) is 0 Å². The minimum absolute atomic E-state index is 0.110. The van der Waals surface area contributed by atoms with Gasteiger partial charge in [-0.25, -0.2) is 4.79 Å². The van der Waals surface area contributed by atoms with Crippen LogP contribution in [0.3, 0.4) is 0 Å². The third-order valence-corrected chi connectivity index (χ3v) is 4.38. The standard InChI is InChI=1S/C20H23N3O2/c24-19-17(12-7-13-21-19)22-20(25)23-18(16-10-5-2-6-11-16)14-15-8-3-1-4-9-15/h1-6,8-11,17-18H,7,12-14H2,(H,21,24)(H2,22,23,25)/t17-,18-/m1/s1. The molecule has 1 aliphatic heterocycles. The summed E-state index contributed by atoms with van der Waals surface area (Å²) in [7, 11) is 0. The molecule has 3 rings (SSSR count). The molecule has 1 fully saturated rings. The fourth-order valence-corrected chi connectivity index (χ4v) is 3.06. The van der Waals surface area contributed by atoms with Crippen LogP contribution in [0.1, 0.15) is 30.0 Å². The third kappa shape index (κ3) is 4.83. The maximum atomic E-state index is 12.4. The van der Waals surface area contributed by atoms with E-state index in [1.807, 2.05) is 60.7 Å². The van der Waals surface area contributed by atoms with Crippen LogP contribution in [0, 0.1) is 0 Å². The molecule has 0 bridgehead atoms. The quantitative estimate of drug-likeness (QED) is 0.785. The highest BCUT2D eigenvalue weighted by Gasteiger charge is 2.24. The Kier molecular flexibility index (Phi) is 5.67. The fourth-order valence-electron chi connectivity index (χ4n) is 3.06. The highest BCUT2D eigenvalue weighted by Crippen LogP contribution is 2.18. The van der Waals surface area contributed by atoms with Gasteiger partial charge in [0.2, 0.25) is 5.91 Å². The van der Waals surface area contributed by atoms with E-state index in [4.69, 9.17) is 0 Å². The highest BCUT2D eigenvalue weighted by molar-refractivity contribution is 5.87. The van der Waals surface area contributed by atoms with E-state index in [9.17, 15) is 9.59 Å². The summed E-state index contributed by atoms with van der Waals surface area (Å²) in [4.78, 5) is 24.3. The van der Waals surface area contributed by atoms with Crippen molar-refractivity contribution in [2.75, 3.05) is 6.54 Å². The third-order valence-electron chi connectivity index (χ3n) is 4.38. The first-order valence-corrected chi connectivity index (χ1v) is 8.66. The zero-order valence-electron chi connectivity index (χ0n) is 14.1. The number of nitrogens with one attached hydrogen (secondary N) is 3. The summed E-state index contributed by atoms with van der Waals surface area (Å²) in [6, 6.07) is 19.0. The topological polar surface area (TPSA) is 70.2 Å². The fraction of sp³-hybridized carbons (Fsp3) is 0.300. The predicted octanol–water partition coefficient (Wildman–Crippen LogP) is 2.55. The number of hydrogen-bond donors (Lipinski definition) is 3. The number of urea groups is 1. The zero-order chi connectivity index (χ0) is 17.5. The van der Waals surface area contributed by atoms with Crippen molar-refractivity contribution in [2.24, 2.45) is 0 Å². The van der Waals surface area contributed by atoms with Crippen molar-refractivity contribution in [1.82, 2.24) is 16.0 Å². The molecule has 0 saturated carbocycles. The van der Waals surface area contributed by atoms with Crippen molar-refractivity contribution >= 4 is 11.9 Å². The minimum Gasteiger partial charge on any atom is -0.354 e. The summed E-state index contributed by atoms with van der Waals surface area (Å²) in [5.74, 6) is -0.110. The van der Waals surface area contributed by atoms with Crippen LogP contribution in [0.2, 0.25) is 0 Å². The molecule has 2 atom stereocenters. The Morgan fingerprint density at radius 2 is 1.76 bits per heavy atom. The second-order valence-corrected chi connectivity index (χ2v) is 6.26. The van der Waals surface area contributed by atoms with Crippen molar-refractivity contribution in [3.05, 3.63) is 71.8 Å². The normalized spacial score (nSPS) is 18.1. The van der Waals surface area contributed by atoms with Crippen molar-refractivity contribution in [3.8, 4) is 0 Å². The van der Waals surface area contributed by atoms with Gasteiger partial charge < -0.3 is 16.0 Å². The zero-order valence-corrected chi connectivity index (χ0v) is 14.1. The van der Waals surface area contributed by atoms with Gasteiger partial charge in [-0.15, -0.1) is 0 Å². The molecule has 5 nitrogen and oxygen atoms in total. The first-order chi connectivity index (χ1) is 12.2. The van der Waals surface area contributed by atoms with Crippen LogP contribution in [0.15, 0.2) is 60.7 Å². The molecule has 3 N–H and O–H groups in total. The first kappa shape index (κ1) is 17.0. The smallest absolute Gasteiger partial charge is 0.315 e. The summed E-state index contributed by atoms with van der Waals surface area (Å²) < 4.78 is 0. The molecule has 25 heavy (non-hydrogen) atoms. The minimum atomic E-state index is -0.457. The van der Waals surface area contributed by atoms with E-state index < -0.39 is 6.04 Å². The molecule has 0 aromatic heterocycles. The summed E-state index contributed by atoms with van der Waals surface area (Å²) in [6.45, 7) is 0.680. The monoisotopic (exact) mass is 337 g/mol. The van der Waals surface area contributed by atoms with Gasteiger partial charge in [-0.2, -0.15) is 0 Å². The lowest BCUT2D eigenvalue weighted by Gasteiger charge is -2.25. The van der Waals surface area contributed by atoms with Gasteiger partial charge in [-0.3, -0.25) is 4.79 Å². The number of piperidine rings is 1. The molecule has 0 spiro atoms. The highest BCUT2D eigenvalue weighted by atomic mass is 16.2. The van der Waals surface area contributed by atoms with E-state index >= 15 is 0 Å². The van der Waals surface area contributed by atoms with Gasteiger partial charge in [0.1, 0.15) is 6.04 Å². The molecular weight excluding hydrogens is 314 g/mol. The molecular formula is C20H23N3O2. The molecule has 0 radical (unpaired) electrons. The average molecular weight is 337 g/mol. The Morgan fingerprint density at radius 3 is 2.44 bits per heavy atom. The van der Waals surface area contributed by atoms with Crippen LogP contribution < -0.4 is 16.0 Å². The Labute approximate surface area is 147 Å². The molecule has 3 amide bonds. The Hall–Kier alpha value is -2.82. The van der Waals surface area contributed by atoms with Crippen molar-refractivity contribution in [1.29, 1.82) is 0 Å². The van der Waals surface area contributed by atoms with Crippen LogP contribution in [-0.4, -0.2) is 24.5 Å². The van der Waals surface area contributed by atoms with E-state index in [1.165, 1.54) is 0 Å². The van der Waals surface area contributed by atoms with Crippen LogP contribution in [-0.2, 0) is 11.2 Å². The molecule has 1 heterocycles. The molecule has 0 unspecified atom stereocenters. The van der Waals surface area contributed by atoms with E-state index in [1.54, 1.807) is 0 Å². The summed E-state index contributed by atoms with van der Waals surface area (Å²) in [5, 5.41) is 8.59. The van der Waals surface area contributed by atoms with E-state index in [-0.39, 0.29) is 18.0 Å². The SMILES string of the molecule is O=C(N[C@@H]1CCCNC1=O)N[C@H](Cc1ccccc1)c1ccccc1. The van der Waals surface area contributed by atoms with Gasteiger partial charge in [0.25, 0.3) is 0 Å². The van der Waals surface area contributed by atoms with Crippen LogP contribution in [0.25, 0.3) is 0 Å². The van der Waals surface area contributed by atoms with Gasteiger partial charge in [0.15, 0.2) is 0 Å². The second kappa shape index (κ2) is 8.33. The van der Waals surface area contributed by atoms with Gasteiger partial charge in [0, 0.05) is 6.54 Å². The summed E-state index contributed by atoms with van der Waals surface area (Å²) >= 11 is 0. The van der Waals surface area contributed by atoms with Gasteiger partial charge in [-0.1, -0.05) is 60.7 Å². The Morgan fingerprint density at radius 1 is 1.08 bits per heavy atom. The lowest BCUT2D eigenvalue weighted by Crippen LogP contribution is -2.53. The second-order valence-electron chi connectivity index (χ2n) is 6.26. The first-order valence-electron chi connectivity index (χ1n) is 8.66. The van der Waals surface area contributed by atoms with E-state index in [2.05, 4.69) is 16.0 Å². The van der Waals surface area contributed by atoms with E-state index in [0.717, 1.165) is 17.5 Å². The molecule has 1 saturated heterocycles. The van der Waals surface area contributed by atoms with Gasteiger partial charge >= 0.3 is 6.03 Å². The van der Waals surface area contributed by atoms with Crippen molar-refractivity contribution < 1.29 is 9.59 Å². The number of amides is 3. The lowest BCUT2D eigenvalue weighted by atomic mass is 9.99. The summed E-state index contributed by atoms with van der Waals surface area (Å²) in [5.41, 5.74) is 2.18. The van der Waals surface area contributed by atoms with Gasteiger partial charge in [-0.05, 0) is 30.4 Å². The number of benzene rings is 2. The van der Waals surface area contributed by atoms with E-state index in [0.29, 0.717) is 19.4 Å². The maximum absolute atomic E-state index is 12.4. The predicted molar refractivity (Wildman–Crippen MR) is 97.0 cm³/mol. The van der Waals surface area contributed by atoms with Crippen LogP contribution >= 0.6 is 0 Å². The average Bonchev–Trinajstić information content (AvgIpc) is 2.65. The van der Waals surface area contributed by atoms with Crippen LogP contribution in [0.4, 0.5) is 4.79 Å². The Bertz CT molecular complexity index is 703.